The summed E-state index contributed by atoms with van der Waals surface area (Å²) in [6, 6.07) is 4.01. The topological polar surface area (TPSA) is 67.6 Å². The molecule has 0 aromatic heterocycles. The largest absolute Gasteiger partial charge is 0.397 e. The van der Waals surface area contributed by atoms with Gasteiger partial charge < -0.3 is 20.7 Å². The Bertz CT molecular complexity index is 530. The Balaban J connectivity index is 1.88. The first-order valence-electron chi connectivity index (χ1n) is 7.26. The molecule has 0 radical (unpaired) electrons. The first-order chi connectivity index (χ1) is 9.67. The van der Waals surface area contributed by atoms with Crippen LogP contribution in [0.4, 0.5) is 17.1 Å². The molecule has 3 rings (SSSR count). The molecule has 2 heterocycles. The minimum Gasteiger partial charge on any atom is -0.397 e. The molecule has 1 amide bonds. The predicted molar refractivity (Wildman–Crippen MR) is 80.0 cm³/mol. The minimum absolute atomic E-state index is 0.0714. The molecule has 5 heteroatoms. The van der Waals surface area contributed by atoms with Crippen molar-refractivity contribution in [3.63, 3.8) is 0 Å². The Morgan fingerprint density at radius 3 is 3.10 bits per heavy atom. The number of nitrogen functional groups attached to an aromatic ring is 1. The van der Waals surface area contributed by atoms with Crippen LogP contribution in [0.1, 0.15) is 25.3 Å². The monoisotopic (exact) mass is 275 g/mol. The van der Waals surface area contributed by atoms with Crippen molar-refractivity contribution in [1.82, 2.24) is 0 Å². The smallest absolute Gasteiger partial charge is 0.224 e. The Morgan fingerprint density at radius 1 is 1.45 bits per heavy atom. The third-order valence-electron chi connectivity index (χ3n) is 4.08. The van der Waals surface area contributed by atoms with Gasteiger partial charge in [-0.15, -0.1) is 0 Å². The molecule has 0 aliphatic carbocycles. The van der Waals surface area contributed by atoms with E-state index in [-0.39, 0.29) is 12.0 Å². The number of ether oxygens (including phenoxy) is 1. The van der Waals surface area contributed by atoms with Crippen LogP contribution in [0.3, 0.4) is 0 Å². The zero-order valence-corrected chi connectivity index (χ0v) is 11.8. The van der Waals surface area contributed by atoms with Crippen molar-refractivity contribution < 1.29 is 9.53 Å². The maximum atomic E-state index is 11.4. The van der Waals surface area contributed by atoms with Gasteiger partial charge in [-0.1, -0.05) is 6.92 Å². The van der Waals surface area contributed by atoms with Crippen LogP contribution in [-0.4, -0.2) is 31.7 Å². The van der Waals surface area contributed by atoms with E-state index in [2.05, 4.69) is 23.2 Å². The van der Waals surface area contributed by atoms with Gasteiger partial charge in [-0.25, -0.2) is 0 Å². The number of carbonyl (C=O) groups is 1. The van der Waals surface area contributed by atoms with Crippen LogP contribution in [0.25, 0.3) is 0 Å². The van der Waals surface area contributed by atoms with Crippen molar-refractivity contribution in [2.75, 3.05) is 35.6 Å². The van der Waals surface area contributed by atoms with Gasteiger partial charge in [-0.05, 0) is 30.5 Å². The molecule has 0 spiro atoms. The SMILES string of the molecule is CCC1CN(c2cc3c(cc2N)NC(=O)CC3)CCO1. The van der Waals surface area contributed by atoms with Gasteiger partial charge in [0.05, 0.1) is 24.1 Å². The van der Waals surface area contributed by atoms with Crippen LogP contribution in [0.15, 0.2) is 12.1 Å². The van der Waals surface area contributed by atoms with Crippen molar-refractivity contribution in [2.45, 2.75) is 32.3 Å². The zero-order chi connectivity index (χ0) is 14.1. The summed E-state index contributed by atoms with van der Waals surface area (Å²) in [5.41, 5.74) is 10.0. The number of amides is 1. The van der Waals surface area contributed by atoms with Crippen molar-refractivity contribution in [3.05, 3.63) is 17.7 Å². The second-order valence-corrected chi connectivity index (χ2v) is 5.46. The molecule has 1 unspecified atom stereocenters. The van der Waals surface area contributed by atoms with Gasteiger partial charge in [0.2, 0.25) is 5.91 Å². The highest BCUT2D eigenvalue weighted by molar-refractivity contribution is 5.95. The van der Waals surface area contributed by atoms with E-state index in [1.165, 1.54) is 5.56 Å². The molecule has 1 saturated heterocycles. The van der Waals surface area contributed by atoms with Crippen molar-refractivity contribution in [3.8, 4) is 0 Å². The van der Waals surface area contributed by atoms with E-state index in [0.29, 0.717) is 6.42 Å². The highest BCUT2D eigenvalue weighted by atomic mass is 16.5. The fourth-order valence-corrected chi connectivity index (χ4v) is 2.89. The zero-order valence-electron chi connectivity index (χ0n) is 11.8. The van der Waals surface area contributed by atoms with Crippen LogP contribution in [-0.2, 0) is 16.0 Å². The molecule has 3 N–H and O–H groups in total. The molecule has 20 heavy (non-hydrogen) atoms. The van der Waals surface area contributed by atoms with Gasteiger partial charge in [0.15, 0.2) is 0 Å². The first kappa shape index (κ1) is 13.2. The standard InChI is InChI=1S/C15H21N3O2/c1-2-11-9-18(5-6-20-11)14-7-10-3-4-15(19)17-13(10)8-12(14)16/h7-8,11H,2-6,9,16H2,1H3,(H,17,19). The average Bonchev–Trinajstić information content (AvgIpc) is 2.46. The number of nitrogens with two attached hydrogens (primary N) is 1. The number of benzene rings is 1. The van der Waals surface area contributed by atoms with Gasteiger partial charge >= 0.3 is 0 Å². The van der Waals surface area contributed by atoms with Crippen molar-refractivity contribution >= 4 is 23.0 Å². The lowest BCUT2D eigenvalue weighted by molar-refractivity contribution is -0.116. The third kappa shape index (κ3) is 2.45. The van der Waals surface area contributed by atoms with Gasteiger partial charge in [0, 0.05) is 25.2 Å². The van der Waals surface area contributed by atoms with E-state index in [9.17, 15) is 4.79 Å². The van der Waals surface area contributed by atoms with Gasteiger partial charge in [0.25, 0.3) is 0 Å². The second-order valence-electron chi connectivity index (χ2n) is 5.46. The lowest BCUT2D eigenvalue weighted by atomic mass is 10.0. The molecule has 1 aromatic rings. The van der Waals surface area contributed by atoms with Crippen LogP contribution in [0.5, 0.6) is 0 Å². The molecule has 0 bridgehead atoms. The highest BCUT2D eigenvalue weighted by Crippen LogP contribution is 2.34. The number of hydrogen-bond donors (Lipinski definition) is 2. The van der Waals surface area contributed by atoms with Crippen LogP contribution < -0.4 is 16.0 Å². The van der Waals surface area contributed by atoms with Crippen molar-refractivity contribution in [2.24, 2.45) is 0 Å². The molecule has 108 valence electrons. The average molecular weight is 275 g/mol. The van der Waals surface area contributed by atoms with Gasteiger partial charge in [-0.2, -0.15) is 0 Å². The third-order valence-corrected chi connectivity index (χ3v) is 4.08. The molecule has 2 aliphatic heterocycles. The molecule has 1 fully saturated rings. The molecule has 0 saturated carbocycles. The Hall–Kier alpha value is -1.75. The van der Waals surface area contributed by atoms with Crippen LogP contribution in [0, 0.1) is 0 Å². The minimum atomic E-state index is 0.0714. The van der Waals surface area contributed by atoms with E-state index >= 15 is 0 Å². The molecule has 1 aromatic carbocycles. The summed E-state index contributed by atoms with van der Waals surface area (Å²) < 4.78 is 5.71. The van der Waals surface area contributed by atoms with Gasteiger partial charge in [-0.3, -0.25) is 4.79 Å². The molecule has 1 atom stereocenters. The number of fused-ring (bicyclic) bond motifs is 1. The number of morpholine rings is 1. The second kappa shape index (κ2) is 5.32. The van der Waals surface area contributed by atoms with Gasteiger partial charge in [0.1, 0.15) is 0 Å². The predicted octanol–water partition coefficient (Wildman–Crippen LogP) is 1.77. The fourth-order valence-electron chi connectivity index (χ4n) is 2.89. The van der Waals surface area contributed by atoms with E-state index in [4.69, 9.17) is 10.5 Å². The number of carbonyl (C=O) groups excluding carboxylic acids is 1. The van der Waals surface area contributed by atoms with E-state index in [0.717, 1.165) is 49.6 Å². The summed E-state index contributed by atoms with van der Waals surface area (Å²) in [5, 5.41) is 2.89. The first-order valence-corrected chi connectivity index (χ1v) is 7.26. The number of aryl methyl sites for hydroxylation is 1. The quantitative estimate of drug-likeness (QED) is 0.807. The number of rotatable bonds is 2. The van der Waals surface area contributed by atoms with E-state index in [1.807, 2.05) is 6.07 Å². The summed E-state index contributed by atoms with van der Waals surface area (Å²) in [6.45, 7) is 4.63. The summed E-state index contributed by atoms with van der Waals surface area (Å²) in [4.78, 5) is 13.7. The van der Waals surface area contributed by atoms with Crippen LogP contribution >= 0.6 is 0 Å². The van der Waals surface area contributed by atoms with Crippen molar-refractivity contribution in [1.29, 1.82) is 0 Å². The molecular weight excluding hydrogens is 254 g/mol. The molecular formula is C15H21N3O2. The molecule has 5 nitrogen and oxygen atoms in total. The fraction of sp³-hybridized carbons (Fsp3) is 0.533. The lowest BCUT2D eigenvalue weighted by Gasteiger charge is -2.35. The van der Waals surface area contributed by atoms with E-state index in [1.54, 1.807) is 0 Å². The number of anilines is 3. The number of nitrogens with one attached hydrogen (secondary N) is 1. The highest BCUT2D eigenvalue weighted by Gasteiger charge is 2.23. The Kier molecular flexibility index (Phi) is 3.53. The lowest BCUT2D eigenvalue weighted by Crippen LogP contribution is -2.42. The molecule has 2 aliphatic rings. The summed E-state index contributed by atoms with van der Waals surface area (Å²) >= 11 is 0. The summed E-state index contributed by atoms with van der Waals surface area (Å²) in [6.07, 6.45) is 2.63. The summed E-state index contributed by atoms with van der Waals surface area (Å²) in [5.74, 6) is 0.0714. The maximum Gasteiger partial charge on any atom is 0.224 e. The maximum absolute atomic E-state index is 11.4. The van der Waals surface area contributed by atoms with E-state index < -0.39 is 0 Å². The normalized spacial score (nSPS) is 22.4. The Morgan fingerprint density at radius 2 is 2.30 bits per heavy atom. The number of nitrogens with zero attached hydrogens (tertiary/aromatic N) is 1. The Labute approximate surface area is 119 Å². The summed E-state index contributed by atoms with van der Waals surface area (Å²) in [7, 11) is 0. The van der Waals surface area contributed by atoms with Crippen LogP contribution in [0.2, 0.25) is 0 Å². The number of hydrogen-bond acceptors (Lipinski definition) is 4.